The van der Waals surface area contributed by atoms with Crippen LogP contribution >= 0.6 is 11.6 Å². The number of ether oxygens (including phenoxy) is 1. The van der Waals surface area contributed by atoms with Crippen molar-refractivity contribution in [2.45, 2.75) is 13.0 Å². The van der Waals surface area contributed by atoms with Crippen molar-refractivity contribution >= 4 is 21.6 Å². The summed E-state index contributed by atoms with van der Waals surface area (Å²) in [7, 11) is -3.18. The van der Waals surface area contributed by atoms with Crippen LogP contribution in [0.4, 0.5) is 0 Å². The van der Waals surface area contributed by atoms with Crippen LogP contribution in [0, 0.1) is 0 Å². The van der Waals surface area contributed by atoms with Crippen LogP contribution in [0.1, 0.15) is 6.92 Å². The lowest BCUT2D eigenvalue weighted by molar-refractivity contribution is 0.225. The van der Waals surface area contributed by atoms with E-state index in [9.17, 15) is 8.42 Å². The fourth-order valence-corrected chi connectivity index (χ4v) is 1.80. The SMILES string of the molecule is C[C@@H](CNS(C)(=O)=O)Oc1cccc(Cl)c1. The van der Waals surface area contributed by atoms with Crippen LogP contribution in [0.3, 0.4) is 0 Å². The summed E-state index contributed by atoms with van der Waals surface area (Å²) in [5.74, 6) is 0.621. The number of hydrogen-bond donors (Lipinski definition) is 1. The van der Waals surface area contributed by atoms with Crippen LogP contribution in [0.25, 0.3) is 0 Å². The highest BCUT2D eigenvalue weighted by Gasteiger charge is 2.07. The molecule has 1 aromatic rings. The molecule has 0 unspecified atom stereocenters. The van der Waals surface area contributed by atoms with Gasteiger partial charge in [0.1, 0.15) is 11.9 Å². The molecule has 0 bridgehead atoms. The average Bonchev–Trinajstić information content (AvgIpc) is 2.14. The topological polar surface area (TPSA) is 55.4 Å². The van der Waals surface area contributed by atoms with Gasteiger partial charge in [-0.2, -0.15) is 0 Å². The first-order valence-electron chi connectivity index (χ1n) is 4.74. The Balaban J connectivity index is 2.49. The van der Waals surface area contributed by atoms with E-state index in [1.165, 1.54) is 0 Å². The van der Waals surface area contributed by atoms with Gasteiger partial charge in [-0.3, -0.25) is 0 Å². The molecule has 90 valence electrons. The van der Waals surface area contributed by atoms with E-state index in [2.05, 4.69) is 4.72 Å². The third-order valence-electron chi connectivity index (χ3n) is 1.77. The normalized spacial score (nSPS) is 13.4. The largest absolute Gasteiger partial charge is 0.489 e. The molecular formula is C10H14ClNO3S. The van der Waals surface area contributed by atoms with Crippen molar-refractivity contribution in [3.63, 3.8) is 0 Å². The lowest BCUT2D eigenvalue weighted by Crippen LogP contribution is -2.32. The van der Waals surface area contributed by atoms with Gasteiger partial charge in [-0.1, -0.05) is 17.7 Å². The molecule has 0 heterocycles. The molecule has 0 aliphatic rings. The zero-order chi connectivity index (χ0) is 12.2. The fraction of sp³-hybridized carbons (Fsp3) is 0.400. The maximum Gasteiger partial charge on any atom is 0.208 e. The molecule has 0 aromatic heterocycles. The third kappa shape index (κ3) is 5.34. The number of hydrogen-bond acceptors (Lipinski definition) is 3. The molecule has 6 heteroatoms. The Morgan fingerprint density at radius 3 is 2.75 bits per heavy atom. The molecule has 1 atom stereocenters. The molecule has 0 aliphatic carbocycles. The van der Waals surface area contributed by atoms with Crippen LogP contribution in [-0.2, 0) is 10.0 Å². The third-order valence-corrected chi connectivity index (χ3v) is 2.69. The summed E-state index contributed by atoms with van der Waals surface area (Å²) in [6, 6.07) is 6.96. The highest BCUT2D eigenvalue weighted by atomic mass is 35.5. The Hall–Kier alpha value is -0.780. The van der Waals surface area contributed by atoms with Gasteiger partial charge in [-0.15, -0.1) is 0 Å². The van der Waals surface area contributed by atoms with E-state index in [-0.39, 0.29) is 12.6 Å². The monoisotopic (exact) mass is 263 g/mol. The van der Waals surface area contributed by atoms with E-state index in [1.54, 1.807) is 31.2 Å². The van der Waals surface area contributed by atoms with E-state index in [1.807, 2.05) is 0 Å². The zero-order valence-corrected chi connectivity index (χ0v) is 10.7. The van der Waals surface area contributed by atoms with Crippen molar-refractivity contribution in [2.75, 3.05) is 12.8 Å². The van der Waals surface area contributed by atoms with E-state index >= 15 is 0 Å². The van der Waals surface area contributed by atoms with Crippen LogP contribution in [0.15, 0.2) is 24.3 Å². The minimum absolute atomic E-state index is 0.228. The second-order valence-electron chi connectivity index (χ2n) is 3.51. The Kier molecular flexibility index (Phi) is 4.58. The minimum atomic E-state index is -3.18. The minimum Gasteiger partial charge on any atom is -0.489 e. The summed E-state index contributed by atoms with van der Waals surface area (Å²) in [4.78, 5) is 0. The second kappa shape index (κ2) is 5.52. The number of benzene rings is 1. The molecule has 1 rings (SSSR count). The fourth-order valence-electron chi connectivity index (χ4n) is 1.08. The predicted octanol–water partition coefficient (Wildman–Crippen LogP) is 1.66. The van der Waals surface area contributed by atoms with Gasteiger partial charge in [0, 0.05) is 11.6 Å². The van der Waals surface area contributed by atoms with Gasteiger partial charge in [0.2, 0.25) is 10.0 Å². The molecule has 16 heavy (non-hydrogen) atoms. The molecule has 0 aliphatic heterocycles. The molecular weight excluding hydrogens is 250 g/mol. The Labute approximate surface area is 101 Å². The molecule has 1 aromatic carbocycles. The Bertz CT molecular complexity index is 447. The first kappa shape index (κ1) is 13.3. The number of halogens is 1. The molecule has 0 spiro atoms. The standard InChI is InChI=1S/C10H14ClNO3S/c1-8(7-12-16(2,13)14)15-10-5-3-4-9(11)6-10/h3-6,8,12H,7H2,1-2H3/t8-/m0/s1. The summed E-state index contributed by atoms with van der Waals surface area (Å²) in [6.07, 6.45) is 0.854. The van der Waals surface area contributed by atoms with Gasteiger partial charge >= 0.3 is 0 Å². The number of rotatable bonds is 5. The van der Waals surface area contributed by atoms with E-state index in [0.717, 1.165) is 6.26 Å². The van der Waals surface area contributed by atoms with Crippen molar-refractivity contribution in [1.82, 2.24) is 4.72 Å². The van der Waals surface area contributed by atoms with E-state index < -0.39 is 10.0 Å². The Morgan fingerprint density at radius 1 is 1.50 bits per heavy atom. The van der Waals surface area contributed by atoms with Gasteiger partial charge in [0.15, 0.2) is 0 Å². The van der Waals surface area contributed by atoms with E-state index in [4.69, 9.17) is 16.3 Å². The van der Waals surface area contributed by atoms with Crippen LogP contribution < -0.4 is 9.46 Å². The van der Waals surface area contributed by atoms with Crippen molar-refractivity contribution < 1.29 is 13.2 Å². The molecule has 0 saturated carbocycles. The highest BCUT2D eigenvalue weighted by molar-refractivity contribution is 7.88. The summed E-state index contributed by atoms with van der Waals surface area (Å²) < 4.78 is 29.6. The summed E-state index contributed by atoms with van der Waals surface area (Å²) >= 11 is 5.79. The summed E-state index contributed by atoms with van der Waals surface area (Å²) in [5, 5.41) is 0.584. The van der Waals surface area contributed by atoms with Gasteiger partial charge in [-0.25, -0.2) is 13.1 Å². The van der Waals surface area contributed by atoms with Gasteiger partial charge in [0.25, 0.3) is 0 Å². The summed E-state index contributed by atoms with van der Waals surface area (Å²) in [5.41, 5.74) is 0. The first-order chi connectivity index (χ1) is 7.37. The van der Waals surface area contributed by atoms with Gasteiger partial charge in [0.05, 0.1) is 6.26 Å². The molecule has 4 nitrogen and oxygen atoms in total. The molecule has 0 saturated heterocycles. The molecule has 1 N–H and O–H groups in total. The molecule has 0 amide bonds. The predicted molar refractivity (Wildman–Crippen MR) is 64.4 cm³/mol. The number of sulfonamides is 1. The first-order valence-corrected chi connectivity index (χ1v) is 7.00. The van der Waals surface area contributed by atoms with Crippen molar-refractivity contribution in [1.29, 1.82) is 0 Å². The maximum atomic E-state index is 10.9. The van der Waals surface area contributed by atoms with E-state index in [0.29, 0.717) is 10.8 Å². The van der Waals surface area contributed by atoms with Crippen molar-refractivity contribution in [3.05, 3.63) is 29.3 Å². The number of nitrogens with one attached hydrogen (secondary N) is 1. The lowest BCUT2D eigenvalue weighted by atomic mass is 10.3. The Morgan fingerprint density at radius 2 is 2.19 bits per heavy atom. The quantitative estimate of drug-likeness (QED) is 0.879. The molecule has 0 fully saturated rings. The lowest BCUT2D eigenvalue weighted by Gasteiger charge is -2.14. The highest BCUT2D eigenvalue weighted by Crippen LogP contribution is 2.18. The van der Waals surface area contributed by atoms with Gasteiger partial charge in [-0.05, 0) is 25.1 Å². The summed E-state index contributed by atoms with van der Waals surface area (Å²) in [6.45, 7) is 2.00. The van der Waals surface area contributed by atoms with Crippen LogP contribution in [0.5, 0.6) is 5.75 Å². The van der Waals surface area contributed by atoms with Crippen molar-refractivity contribution in [3.8, 4) is 5.75 Å². The van der Waals surface area contributed by atoms with Gasteiger partial charge < -0.3 is 4.74 Å². The zero-order valence-electron chi connectivity index (χ0n) is 9.10. The second-order valence-corrected chi connectivity index (χ2v) is 5.78. The van der Waals surface area contributed by atoms with Crippen LogP contribution in [-0.4, -0.2) is 27.3 Å². The smallest absolute Gasteiger partial charge is 0.208 e. The maximum absolute atomic E-state index is 10.9. The van der Waals surface area contributed by atoms with Crippen molar-refractivity contribution in [2.24, 2.45) is 0 Å². The van der Waals surface area contributed by atoms with Crippen LogP contribution in [0.2, 0.25) is 5.02 Å². The molecule has 0 radical (unpaired) electrons. The average molecular weight is 264 g/mol.